The monoisotopic (exact) mass is 242 g/mol. The summed E-state index contributed by atoms with van der Waals surface area (Å²) >= 11 is 4.86. The molecule has 2 aromatic rings. The van der Waals surface area contributed by atoms with Crippen molar-refractivity contribution >= 4 is 37.4 Å². The van der Waals surface area contributed by atoms with Gasteiger partial charge in [-0.3, -0.25) is 0 Å². The van der Waals surface area contributed by atoms with Gasteiger partial charge in [0.2, 0.25) is 0 Å². The average Bonchev–Trinajstić information content (AvgIpc) is 2.31. The molecule has 62 valence electrons. The van der Waals surface area contributed by atoms with E-state index in [1.165, 1.54) is 5.56 Å². The summed E-state index contributed by atoms with van der Waals surface area (Å²) in [5.41, 5.74) is 1.17. The Bertz CT molecular complexity index is 433. The first kappa shape index (κ1) is 8.08. The zero-order valence-electron chi connectivity index (χ0n) is 6.47. The van der Waals surface area contributed by atoms with Crippen molar-refractivity contribution in [2.75, 3.05) is 0 Å². The molecule has 0 saturated heterocycles. The molecule has 0 aliphatic heterocycles. The zero-order valence-corrected chi connectivity index (χ0v) is 8.87. The summed E-state index contributed by atoms with van der Waals surface area (Å²) in [6.07, 6.45) is 0. The summed E-state index contributed by atoms with van der Waals surface area (Å²) in [7, 11) is 0. The minimum Gasteiger partial charge on any atom is -0.505 e. The van der Waals surface area contributed by atoms with Crippen molar-refractivity contribution in [1.29, 1.82) is 0 Å². The normalized spacial score (nSPS) is 10.8. The Labute approximate surface area is 82.8 Å². The number of hydrogen-bond donors (Lipinski definition) is 1. The number of rotatable bonds is 0. The lowest BCUT2D eigenvalue weighted by Crippen LogP contribution is -1.68. The van der Waals surface area contributed by atoms with E-state index in [0.29, 0.717) is 5.75 Å². The molecule has 1 N–H and O–H groups in total. The van der Waals surface area contributed by atoms with Gasteiger partial charge in [-0.2, -0.15) is 0 Å². The molecule has 0 atom stereocenters. The Morgan fingerprint density at radius 2 is 2.17 bits per heavy atom. The molecule has 0 aliphatic rings. The van der Waals surface area contributed by atoms with E-state index in [2.05, 4.69) is 15.9 Å². The SMILES string of the molecule is Cc1ccc2sc(Br)c(O)c2c1. The third-order valence-corrected chi connectivity index (χ3v) is 3.59. The van der Waals surface area contributed by atoms with E-state index in [-0.39, 0.29) is 0 Å². The van der Waals surface area contributed by atoms with Gasteiger partial charge in [0.25, 0.3) is 0 Å². The fourth-order valence-corrected chi connectivity index (χ4v) is 2.71. The third kappa shape index (κ3) is 1.13. The van der Waals surface area contributed by atoms with Crippen LogP contribution in [0.2, 0.25) is 0 Å². The smallest absolute Gasteiger partial charge is 0.148 e. The summed E-state index contributed by atoms with van der Waals surface area (Å²) in [5, 5.41) is 10.5. The van der Waals surface area contributed by atoms with Crippen LogP contribution in [0.25, 0.3) is 10.1 Å². The number of halogens is 1. The molecule has 0 spiro atoms. The molecule has 1 nitrogen and oxygen atoms in total. The predicted octanol–water partition coefficient (Wildman–Crippen LogP) is 3.68. The molecule has 0 radical (unpaired) electrons. The van der Waals surface area contributed by atoms with Gasteiger partial charge in [0, 0.05) is 10.1 Å². The highest BCUT2D eigenvalue weighted by molar-refractivity contribution is 9.11. The van der Waals surface area contributed by atoms with Crippen molar-refractivity contribution in [2.24, 2.45) is 0 Å². The van der Waals surface area contributed by atoms with E-state index in [9.17, 15) is 5.11 Å². The lowest BCUT2D eigenvalue weighted by molar-refractivity contribution is 0.481. The molecule has 0 aliphatic carbocycles. The summed E-state index contributed by atoms with van der Waals surface area (Å²) in [6, 6.07) is 6.07. The van der Waals surface area contributed by atoms with E-state index in [4.69, 9.17) is 0 Å². The van der Waals surface area contributed by atoms with Crippen molar-refractivity contribution in [3.63, 3.8) is 0 Å². The van der Waals surface area contributed by atoms with Gasteiger partial charge >= 0.3 is 0 Å². The second-order valence-corrected chi connectivity index (χ2v) is 5.09. The number of hydrogen-bond acceptors (Lipinski definition) is 2. The standard InChI is InChI=1S/C9H7BrOS/c1-5-2-3-7-6(4-5)8(11)9(10)12-7/h2-4,11H,1H3. The molecule has 0 bridgehead atoms. The minimum atomic E-state index is 0.360. The van der Waals surface area contributed by atoms with Crippen LogP contribution in [0.5, 0.6) is 5.75 Å². The maximum Gasteiger partial charge on any atom is 0.148 e. The third-order valence-electron chi connectivity index (χ3n) is 1.78. The Kier molecular flexibility index (Phi) is 1.85. The topological polar surface area (TPSA) is 20.2 Å². The second-order valence-electron chi connectivity index (χ2n) is 2.72. The predicted molar refractivity (Wildman–Crippen MR) is 55.9 cm³/mol. The lowest BCUT2D eigenvalue weighted by atomic mass is 10.2. The second kappa shape index (κ2) is 2.75. The molecular weight excluding hydrogens is 236 g/mol. The van der Waals surface area contributed by atoms with Crippen LogP contribution >= 0.6 is 27.3 Å². The van der Waals surface area contributed by atoms with Crippen LogP contribution in [-0.4, -0.2) is 5.11 Å². The molecule has 2 rings (SSSR count). The van der Waals surface area contributed by atoms with Crippen molar-refractivity contribution < 1.29 is 5.11 Å². The van der Waals surface area contributed by atoms with Gasteiger partial charge in [0.1, 0.15) is 9.54 Å². The first-order chi connectivity index (χ1) is 5.68. The Morgan fingerprint density at radius 1 is 1.42 bits per heavy atom. The first-order valence-electron chi connectivity index (χ1n) is 3.56. The lowest BCUT2D eigenvalue weighted by Gasteiger charge is -1.92. The average molecular weight is 243 g/mol. The summed E-state index contributed by atoms with van der Waals surface area (Å²) < 4.78 is 1.92. The fraction of sp³-hybridized carbons (Fsp3) is 0.111. The van der Waals surface area contributed by atoms with Crippen molar-refractivity contribution in [3.8, 4) is 5.75 Å². The van der Waals surface area contributed by atoms with Gasteiger partial charge in [0.05, 0.1) is 0 Å². The molecule has 0 fully saturated rings. The highest BCUT2D eigenvalue weighted by atomic mass is 79.9. The molecule has 3 heteroatoms. The van der Waals surface area contributed by atoms with Crippen LogP contribution < -0.4 is 0 Å². The van der Waals surface area contributed by atoms with E-state index < -0.39 is 0 Å². The van der Waals surface area contributed by atoms with Crippen LogP contribution in [0.1, 0.15) is 5.56 Å². The number of benzene rings is 1. The number of fused-ring (bicyclic) bond motifs is 1. The maximum atomic E-state index is 9.59. The first-order valence-corrected chi connectivity index (χ1v) is 5.17. The van der Waals surface area contributed by atoms with Crippen molar-refractivity contribution in [3.05, 3.63) is 27.5 Å². The summed E-state index contributed by atoms with van der Waals surface area (Å²) in [4.78, 5) is 0. The van der Waals surface area contributed by atoms with Gasteiger partial charge in [-0.05, 0) is 35.0 Å². The van der Waals surface area contributed by atoms with Crippen LogP contribution in [0, 0.1) is 6.92 Å². The largest absolute Gasteiger partial charge is 0.505 e. The van der Waals surface area contributed by atoms with Crippen LogP contribution in [0.15, 0.2) is 22.0 Å². The van der Waals surface area contributed by atoms with Crippen LogP contribution in [-0.2, 0) is 0 Å². The summed E-state index contributed by atoms with van der Waals surface area (Å²) in [6.45, 7) is 2.02. The Balaban J connectivity index is 2.88. The molecule has 1 aromatic heterocycles. The highest BCUT2D eigenvalue weighted by Gasteiger charge is 2.07. The molecule has 12 heavy (non-hydrogen) atoms. The molecule has 0 saturated carbocycles. The van der Waals surface area contributed by atoms with E-state index in [0.717, 1.165) is 13.9 Å². The van der Waals surface area contributed by atoms with Gasteiger partial charge in [-0.15, -0.1) is 11.3 Å². The van der Waals surface area contributed by atoms with Gasteiger partial charge in [-0.25, -0.2) is 0 Å². The van der Waals surface area contributed by atoms with Crippen LogP contribution in [0.4, 0.5) is 0 Å². The fourth-order valence-electron chi connectivity index (χ4n) is 1.17. The number of aryl methyl sites for hydroxylation is 1. The minimum absolute atomic E-state index is 0.360. The molecule has 0 unspecified atom stereocenters. The van der Waals surface area contributed by atoms with Gasteiger partial charge in [0.15, 0.2) is 0 Å². The Morgan fingerprint density at radius 3 is 2.92 bits per heavy atom. The van der Waals surface area contributed by atoms with E-state index in [1.807, 2.05) is 25.1 Å². The van der Waals surface area contributed by atoms with Crippen LogP contribution in [0.3, 0.4) is 0 Å². The van der Waals surface area contributed by atoms with Gasteiger partial charge < -0.3 is 5.11 Å². The van der Waals surface area contributed by atoms with Gasteiger partial charge in [-0.1, -0.05) is 11.6 Å². The number of aromatic hydroxyl groups is 1. The number of thiophene rings is 1. The van der Waals surface area contributed by atoms with E-state index in [1.54, 1.807) is 11.3 Å². The summed E-state index contributed by atoms with van der Waals surface area (Å²) in [5.74, 6) is 0.360. The molecule has 0 amide bonds. The highest BCUT2D eigenvalue weighted by Crippen LogP contribution is 2.40. The quantitative estimate of drug-likeness (QED) is 0.748. The molecule has 1 aromatic carbocycles. The maximum absolute atomic E-state index is 9.59. The molecular formula is C9H7BrOS. The van der Waals surface area contributed by atoms with Crippen molar-refractivity contribution in [1.82, 2.24) is 0 Å². The molecule has 1 heterocycles. The Hall–Kier alpha value is -0.540. The zero-order chi connectivity index (χ0) is 8.72. The van der Waals surface area contributed by atoms with E-state index >= 15 is 0 Å². The van der Waals surface area contributed by atoms with Crippen molar-refractivity contribution in [2.45, 2.75) is 6.92 Å².